The zero-order valence-corrected chi connectivity index (χ0v) is 6.97. The van der Waals surface area contributed by atoms with Gasteiger partial charge >= 0.3 is 10.1 Å². The molecule has 0 aliphatic heterocycles. The SMILES string of the molecule is CC(O)S(=O)(=O)ONCCN. The number of hydrogen-bond donors (Lipinski definition) is 3. The van der Waals surface area contributed by atoms with E-state index in [9.17, 15) is 8.42 Å². The Morgan fingerprint density at radius 3 is 2.64 bits per heavy atom. The third kappa shape index (κ3) is 4.27. The van der Waals surface area contributed by atoms with Gasteiger partial charge in [-0.1, -0.05) is 0 Å². The maximum absolute atomic E-state index is 10.6. The highest BCUT2D eigenvalue weighted by Crippen LogP contribution is 1.96. The van der Waals surface area contributed by atoms with Gasteiger partial charge in [-0.05, 0) is 6.92 Å². The lowest BCUT2D eigenvalue weighted by Gasteiger charge is -2.06. The summed E-state index contributed by atoms with van der Waals surface area (Å²) in [6.07, 6.45) is 0. The Bertz CT molecular complexity index is 188. The first-order chi connectivity index (χ1) is 5.00. The van der Waals surface area contributed by atoms with Crippen molar-refractivity contribution in [2.24, 2.45) is 5.73 Å². The summed E-state index contributed by atoms with van der Waals surface area (Å²) >= 11 is 0. The Morgan fingerprint density at radius 1 is 1.73 bits per heavy atom. The highest BCUT2D eigenvalue weighted by atomic mass is 32.2. The molecule has 1 atom stereocenters. The van der Waals surface area contributed by atoms with Crippen LogP contribution in [0.25, 0.3) is 0 Å². The van der Waals surface area contributed by atoms with E-state index in [4.69, 9.17) is 10.8 Å². The minimum absolute atomic E-state index is 0.214. The van der Waals surface area contributed by atoms with Gasteiger partial charge < -0.3 is 10.8 Å². The van der Waals surface area contributed by atoms with E-state index in [-0.39, 0.29) is 13.1 Å². The third-order valence-corrected chi connectivity index (χ3v) is 2.02. The zero-order chi connectivity index (χ0) is 8.91. The van der Waals surface area contributed by atoms with Gasteiger partial charge in [0.2, 0.25) is 0 Å². The van der Waals surface area contributed by atoms with Crippen molar-refractivity contribution in [1.29, 1.82) is 0 Å². The Morgan fingerprint density at radius 2 is 2.27 bits per heavy atom. The van der Waals surface area contributed by atoms with E-state index in [2.05, 4.69) is 9.76 Å². The zero-order valence-electron chi connectivity index (χ0n) is 6.15. The van der Waals surface area contributed by atoms with Gasteiger partial charge in [-0.3, -0.25) is 0 Å². The first-order valence-electron chi connectivity index (χ1n) is 3.04. The molecule has 0 rings (SSSR count). The predicted octanol–water partition coefficient (Wildman–Crippen LogP) is -1.87. The third-order valence-electron chi connectivity index (χ3n) is 0.839. The molecule has 0 aliphatic carbocycles. The number of nitrogens with one attached hydrogen (secondary N) is 1. The van der Waals surface area contributed by atoms with E-state index in [1.807, 2.05) is 0 Å². The molecule has 0 aromatic rings. The van der Waals surface area contributed by atoms with Gasteiger partial charge in [-0.15, -0.1) is 0 Å². The average Bonchev–Trinajstić information content (AvgIpc) is 1.88. The highest BCUT2D eigenvalue weighted by Gasteiger charge is 2.18. The van der Waals surface area contributed by atoms with Crippen molar-refractivity contribution < 1.29 is 17.8 Å². The predicted molar refractivity (Wildman–Crippen MR) is 38.7 cm³/mol. The van der Waals surface area contributed by atoms with Crippen molar-refractivity contribution in [1.82, 2.24) is 5.48 Å². The summed E-state index contributed by atoms with van der Waals surface area (Å²) in [7, 11) is -3.88. The normalized spacial score (nSPS) is 14.8. The topological polar surface area (TPSA) is 102 Å². The lowest BCUT2D eigenvalue weighted by molar-refractivity contribution is 0.172. The molecule has 11 heavy (non-hydrogen) atoms. The fourth-order valence-electron chi connectivity index (χ4n) is 0.252. The molecule has 1 unspecified atom stereocenters. The fourth-order valence-corrected chi connectivity index (χ4v) is 0.639. The number of nitrogens with two attached hydrogens (primary N) is 1. The van der Waals surface area contributed by atoms with Crippen molar-refractivity contribution in [2.75, 3.05) is 13.1 Å². The highest BCUT2D eigenvalue weighted by molar-refractivity contribution is 7.87. The molecule has 0 bridgehead atoms. The van der Waals surface area contributed by atoms with Crippen LogP contribution in [0.2, 0.25) is 0 Å². The van der Waals surface area contributed by atoms with Gasteiger partial charge in [-0.2, -0.15) is 18.2 Å². The Hall–Kier alpha value is -0.210. The molecular formula is C4H12N2O4S. The number of aliphatic hydroxyl groups excluding tert-OH is 1. The summed E-state index contributed by atoms with van der Waals surface area (Å²) in [5, 5.41) is 8.60. The molecule has 0 saturated heterocycles. The van der Waals surface area contributed by atoms with Crippen LogP contribution in [-0.4, -0.2) is 32.0 Å². The first-order valence-corrected chi connectivity index (χ1v) is 4.51. The molecule has 0 saturated carbocycles. The molecule has 0 heterocycles. The van der Waals surface area contributed by atoms with Crippen LogP contribution in [0, 0.1) is 0 Å². The van der Waals surface area contributed by atoms with Gasteiger partial charge in [0.1, 0.15) is 0 Å². The van der Waals surface area contributed by atoms with Gasteiger partial charge in [0.15, 0.2) is 5.44 Å². The average molecular weight is 184 g/mol. The van der Waals surface area contributed by atoms with Crippen molar-refractivity contribution in [3.63, 3.8) is 0 Å². The van der Waals surface area contributed by atoms with E-state index in [1.165, 1.54) is 0 Å². The van der Waals surface area contributed by atoms with Crippen molar-refractivity contribution in [3.05, 3.63) is 0 Å². The van der Waals surface area contributed by atoms with Crippen LogP contribution in [0.4, 0.5) is 0 Å². The molecule has 4 N–H and O–H groups in total. The maximum Gasteiger partial charge on any atom is 0.310 e. The Kier molecular flexibility index (Phi) is 4.54. The summed E-state index contributed by atoms with van der Waals surface area (Å²) in [4.78, 5) is 0. The summed E-state index contributed by atoms with van der Waals surface area (Å²) in [5.41, 5.74) is 5.58. The second-order valence-corrected chi connectivity index (χ2v) is 3.69. The van der Waals surface area contributed by atoms with E-state index in [0.717, 1.165) is 6.92 Å². The quantitative estimate of drug-likeness (QED) is 0.342. The van der Waals surface area contributed by atoms with E-state index in [0.29, 0.717) is 0 Å². The minimum Gasteiger partial charge on any atom is -0.375 e. The summed E-state index contributed by atoms with van der Waals surface area (Å²) in [6, 6.07) is 0. The second-order valence-electron chi connectivity index (χ2n) is 1.86. The smallest absolute Gasteiger partial charge is 0.310 e. The molecule has 7 heteroatoms. The number of hydrogen-bond acceptors (Lipinski definition) is 6. The number of hydroxylamine groups is 1. The molecule has 0 fully saturated rings. The molecule has 0 aliphatic rings. The fraction of sp³-hybridized carbons (Fsp3) is 1.00. The van der Waals surface area contributed by atoms with Crippen LogP contribution in [0.1, 0.15) is 6.92 Å². The molecule has 0 radical (unpaired) electrons. The molecule has 0 amide bonds. The van der Waals surface area contributed by atoms with E-state index >= 15 is 0 Å². The lowest BCUT2D eigenvalue weighted by Crippen LogP contribution is -2.30. The summed E-state index contributed by atoms with van der Waals surface area (Å²) < 4.78 is 25.4. The Balaban J connectivity index is 3.75. The van der Waals surface area contributed by atoms with Crippen LogP contribution in [0.5, 0.6) is 0 Å². The minimum atomic E-state index is -3.88. The van der Waals surface area contributed by atoms with Crippen molar-refractivity contribution in [2.45, 2.75) is 12.4 Å². The van der Waals surface area contributed by atoms with E-state index < -0.39 is 15.6 Å². The van der Waals surface area contributed by atoms with Crippen LogP contribution < -0.4 is 11.2 Å². The van der Waals surface area contributed by atoms with E-state index in [1.54, 1.807) is 0 Å². The maximum atomic E-state index is 10.6. The Labute approximate surface area is 65.4 Å². The van der Waals surface area contributed by atoms with Gasteiger partial charge in [0, 0.05) is 13.1 Å². The molecule has 0 aromatic carbocycles. The van der Waals surface area contributed by atoms with Crippen molar-refractivity contribution in [3.8, 4) is 0 Å². The van der Waals surface area contributed by atoms with Gasteiger partial charge in [0.05, 0.1) is 0 Å². The molecule has 0 aromatic heterocycles. The van der Waals surface area contributed by atoms with Gasteiger partial charge in [-0.25, -0.2) is 0 Å². The largest absolute Gasteiger partial charge is 0.375 e. The monoisotopic (exact) mass is 184 g/mol. The van der Waals surface area contributed by atoms with Crippen LogP contribution in [0.3, 0.4) is 0 Å². The van der Waals surface area contributed by atoms with Crippen LogP contribution in [-0.2, 0) is 14.4 Å². The molecular weight excluding hydrogens is 172 g/mol. The lowest BCUT2D eigenvalue weighted by atomic mass is 10.7. The standard InChI is InChI=1S/C4H12N2O4S/c1-4(7)11(8,9)10-6-3-2-5/h4,6-7H,2-3,5H2,1H3. The second kappa shape index (κ2) is 4.62. The molecule has 6 nitrogen and oxygen atoms in total. The summed E-state index contributed by atoms with van der Waals surface area (Å²) in [6.45, 7) is 1.57. The number of aliphatic hydroxyl groups is 1. The first kappa shape index (κ1) is 10.8. The molecule has 68 valence electrons. The van der Waals surface area contributed by atoms with Crippen molar-refractivity contribution >= 4 is 10.1 Å². The molecule has 0 spiro atoms. The number of rotatable bonds is 5. The van der Waals surface area contributed by atoms with Gasteiger partial charge in [0.25, 0.3) is 0 Å². The summed E-state index contributed by atoms with van der Waals surface area (Å²) in [5.74, 6) is 0. The van der Waals surface area contributed by atoms with Crippen LogP contribution in [0.15, 0.2) is 0 Å². The van der Waals surface area contributed by atoms with Crippen LogP contribution >= 0.6 is 0 Å².